The van der Waals surface area contributed by atoms with Crippen molar-refractivity contribution in [3.63, 3.8) is 0 Å². The number of hydrogen-bond donors (Lipinski definition) is 0. The lowest BCUT2D eigenvalue weighted by Gasteiger charge is -2.21. The van der Waals surface area contributed by atoms with Crippen molar-refractivity contribution < 1.29 is 14.3 Å². The van der Waals surface area contributed by atoms with Crippen molar-refractivity contribution in [1.29, 1.82) is 0 Å². The van der Waals surface area contributed by atoms with Crippen LogP contribution >= 0.6 is 22.6 Å². The van der Waals surface area contributed by atoms with Crippen molar-refractivity contribution in [1.82, 2.24) is 9.47 Å². The molecule has 0 radical (unpaired) electrons. The number of esters is 1. The van der Waals surface area contributed by atoms with Crippen LogP contribution in [-0.4, -0.2) is 54.4 Å². The predicted octanol–water partition coefficient (Wildman–Crippen LogP) is 3.28. The highest BCUT2D eigenvalue weighted by Gasteiger charge is 2.27. The van der Waals surface area contributed by atoms with Gasteiger partial charge in [0.25, 0.3) is 0 Å². The molecular formula is C22H27IN2O4. The van der Waals surface area contributed by atoms with Gasteiger partial charge in [0.1, 0.15) is 5.56 Å². The zero-order valence-corrected chi connectivity index (χ0v) is 18.9. The summed E-state index contributed by atoms with van der Waals surface area (Å²) in [6.07, 6.45) is 5.50. The maximum Gasteiger partial charge on any atom is 0.343 e. The third-order valence-corrected chi connectivity index (χ3v) is 6.52. The molecule has 0 bridgehead atoms. The molecule has 0 N–H and O–H groups in total. The summed E-state index contributed by atoms with van der Waals surface area (Å²) in [6, 6.07) is 5.84. The largest absolute Gasteiger partial charge is 0.462 e. The van der Waals surface area contributed by atoms with E-state index < -0.39 is 5.97 Å². The minimum Gasteiger partial charge on any atom is -0.462 e. The van der Waals surface area contributed by atoms with Crippen molar-refractivity contribution in [3.8, 4) is 0 Å². The molecule has 0 aliphatic carbocycles. The highest BCUT2D eigenvalue weighted by molar-refractivity contribution is 14.1. The number of carbonyl (C=O) groups excluding carboxylic acids is 1. The van der Waals surface area contributed by atoms with Gasteiger partial charge in [-0.3, -0.25) is 4.79 Å². The number of benzene rings is 1. The Morgan fingerprint density at radius 1 is 1.31 bits per heavy atom. The summed E-state index contributed by atoms with van der Waals surface area (Å²) in [4.78, 5) is 27.7. The first-order valence-corrected chi connectivity index (χ1v) is 11.5. The minimum absolute atomic E-state index is 0.121. The van der Waals surface area contributed by atoms with Crippen LogP contribution in [0, 0.1) is 9.49 Å². The lowest BCUT2D eigenvalue weighted by molar-refractivity contribution is 0.0524. The molecule has 7 heteroatoms. The van der Waals surface area contributed by atoms with Gasteiger partial charge in [0.2, 0.25) is 5.43 Å². The first-order chi connectivity index (χ1) is 14.0. The van der Waals surface area contributed by atoms with Gasteiger partial charge < -0.3 is 18.9 Å². The van der Waals surface area contributed by atoms with Gasteiger partial charge in [-0.1, -0.05) is 0 Å². The van der Waals surface area contributed by atoms with E-state index in [-0.39, 0.29) is 17.6 Å². The number of ether oxygens (including phenoxy) is 2. The van der Waals surface area contributed by atoms with Crippen LogP contribution in [0.5, 0.6) is 0 Å². The number of nitrogens with zero attached hydrogens (tertiary/aromatic N) is 2. The second-order valence-electron chi connectivity index (χ2n) is 7.96. The van der Waals surface area contributed by atoms with E-state index in [2.05, 4.69) is 32.1 Å². The van der Waals surface area contributed by atoms with Crippen LogP contribution in [0.15, 0.2) is 29.2 Å². The van der Waals surface area contributed by atoms with Crippen LogP contribution in [0.2, 0.25) is 0 Å². The minimum atomic E-state index is -0.543. The van der Waals surface area contributed by atoms with Gasteiger partial charge in [-0.15, -0.1) is 0 Å². The molecule has 2 fully saturated rings. The molecule has 2 unspecified atom stereocenters. The number of hydrogen-bond acceptors (Lipinski definition) is 5. The average molecular weight is 510 g/mol. The number of rotatable bonds is 6. The third kappa shape index (κ3) is 4.67. The molecule has 3 heterocycles. The maximum atomic E-state index is 12.9. The Labute approximate surface area is 184 Å². The second-order valence-corrected chi connectivity index (χ2v) is 9.20. The molecule has 1 aromatic heterocycles. The molecule has 2 atom stereocenters. The molecule has 29 heavy (non-hydrogen) atoms. The van der Waals surface area contributed by atoms with Gasteiger partial charge in [-0.05, 0) is 79.4 Å². The van der Waals surface area contributed by atoms with Gasteiger partial charge in [0.15, 0.2) is 0 Å². The van der Waals surface area contributed by atoms with E-state index in [4.69, 9.17) is 9.47 Å². The van der Waals surface area contributed by atoms with E-state index in [0.717, 1.165) is 54.7 Å². The Kier molecular flexibility index (Phi) is 6.56. The van der Waals surface area contributed by atoms with Crippen molar-refractivity contribution in [2.24, 2.45) is 5.92 Å². The van der Waals surface area contributed by atoms with E-state index in [9.17, 15) is 9.59 Å². The molecule has 1 aromatic carbocycles. The maximum absolute atomic E-state index is 12.9. The van der Waals surface area contributed by atoms with Gasteiger partial charge >= 0.3 is 5.97 Å². The Balaban J connectivity index is 1.58. The molecule has 2 aliphatic rings. The molecule has 2 aliphatic heterocycles. The van der Waals surface area contributed by atoms with Crippen molar-refractivity contribution >= 4 is 39.5 Å². The molecule has 4 rings (SSSR count). The first kappa shape index (κ1) is 20.8. The summed E-state index contributed by atoms with van der Waals surface area (Å²) in [5.74, 6) is -0.0603. The van der Waals surface area contributed by atoms with Crippen LogP contribution in [-0.2, 0) is 16.0 Å². The van der Waals surface area contributed by atoms with Gasteiger partial charge in [-0.2, -0.15) is 0 Å². The van der Waals surface area contributed by atoms with E-state index in [1.807, 2.05) is 18.2 Å². The highest BCUT2D eigenvalue weighted by Crippen LogP contribution is 2.24. The zero-order chi connectivity index (χ0) is 20.4. The van der Waals surface area contributed by atoms with Crippen LogP contribution in [0.4, 0.5) is 0 Å². The number of aromatic nitrogens is 1. The monoisotopic (exact) mass is 510 g/mol. The van der Waals surface area contributed by atoms with Gasteiger partial charge in [0.05, 0.1) is 18.2 Å². The van der Waals surface area contributed by atoms with E-state index >= 15 is 0 Å². The standard InChI is InChI=1S/C22H27IN2O4/c1-2-28-22(27)19-14-25(20-6-5-16(23)10-18(20)21(19)26)12-15-7-8-24(11-15)13-17-4-3-9-29-17/h5-6,10,14-15,17H,2-4,7-9,11-13H2,1H3. The molecular weight excluding hydrogens is 483 g/mol. The fraction of sp³-hybridized carbons (Fsp3) is 0.545. The van der Waals surface area contributed by atoms with E-state index in [0.29, 0.717) is 17.4 Å². The fourth-order valence-corrected chi connectivity index (χ4v) is 4.95. The Hall–Kier alpha value is -1.45. The van der Waals surface area contributed by atoms with Crippen molar-refractivity contribution in [3.05, 3.63) is 43.8 Å². The summed E-state index contributed by atoms with van der Waals surface area (Å²) < 4.78 is 14.0. The second kappa shape index (κ2) is 9.14. The SMILES string of the molecule is CCOC(=O)c1cn(CC2CCN(CC3CCCO3)C2)c2ccc(I)cc2c1=O. The summed E-state index contributed by atoms with van der Waals surface area (Å²) >= 11 is 2.20. The van der Waals surface area contributed by atoms with Crippen LogP contribution in [0.25, 0.3) is 10.9 Å². The van der Waals surface area contributed by atoms with Crippen molar-refractivity contribution in [2.45, 2.75) is 38.8 Å². The third-order valence-electron chi connectivity index (χ3n) is 5.85. The summed E-state index contributed by atoms with van der Waals surface area (Å²) in [5, 5.41) is 0.580. The number of fused-ring (bicyclic) bond motifs is 1. The predicted molar refractivity (Wildman–Crippen MR) is 120 cm³/mol. The quantitative estimate of drug-likeness (QED) is 0.441. The topological polar surface area (TPSA) is 60.8 Å². The molecule has 6 nitrogen and oxygen atoms in total. The molecule has 2 aromatic rings. The van der Waals surface area contributed by atoms with E-state index in [1.54, 1.807) is 13.1 Å². The van der Waals surface area contributed by atoms with Crippen molar-refractivity contribution in [2.75, 3.05) is 32.8 Å². The smallest absolute Gasteiger partial charge is 0.343 e. The Bertz CT molecular complexity index is 952. The lowest BCUT2D eigenvalue weighted by Crippen LogP contribution is -2.31. The highest BCUT2D eigenvalue weighted by atomic mass is 127. The molecule has 0 saturated carbocycles. The number of pyridine rings is 1. The molecule has 0 spiro atoms. The zero-order valence-electron chi connectivity index (χ0n) is 16.7. The lowest BCUT2D eigenvalue weighted by atomic mass is 10.1. The van der Waals surface area contributed by atoms with Crippen LogP contribution in [0.1, 0.15) is 36.5 Å². The summed E-state index contributed by atoms with van der Waals surface area (Å²) in [6.45, 7) is 6.78. The first-order valence-electron chi connectivity index (χ1n) is 10.4. The number of halogens is 1. The average Bonchev–Trinajstić information content (AvgIpc) is 3.37. The Morgan fingerprint density at radius 2 is 2.17 bits per heavy atom. The van der Waals surface area contributed by atoms with Gasteiger partial charge in [0, 0.05) is 41.4 Å². The number of likely N-dealkylation sites (tertiary alicyclic amines) is 1. The van der Waals surface area contributed by atoms with E-state index in [1.165, 1.54) is 6.42 Å². The molecule has 156 valence electrons. The fourth-order valence-electron chi connectivity index (χ4n) is 4.46. The normalized spacial score (nSPS) is 22.4. The van der Waals surface area contributed by atoms with Crippen LogP contribution < -0.4 is 5.43 Å². The number of carbonyl (C=O) groups is 1. The Morgan fingerprint density at radius 3 is 2.93 bits per heavy atom. The van der Waals surface area contributed by atoms with Gasteiger partial charge in [-0.25, -0.2) is 4.79 Å². The van der Waals surface area contributed by atoms with Crippen LogP contribution in [0.3, 0.4) is 0 Å². The molecule has 2 saturated heterocycles. The summed E-state index contributed by atoms with van der Waals surface area (Å²) in [7, 11) is 0. The summed E-state index contributed by atoms with van der Waals surface area (Å²) in [5.41, 5.74) is 0.747. The molecule has 0 amide bonds.